The number of nitrogens with one attached hydrogen (secondary N) is 1. The maximum atomic E-state index is 11.9. The van der Waals surface area contributed by atoms with E-state index in [0.29, 0.717) is 17.7 Å². The zero-order chi connectivity index (χ0) is 14.0. The molecule has 1 amide bonds. The number of rotatable bonds is 4. The molecular weight excluding hydrogens is 244 g/mol. The first-order valence-electron chi connectivity index (χ1n) is 6.00. The number of amides is 1. The third kappa shape index (κ3) is 2.76. The molecule has 5 heteroatoms. The van der Waals surface area contributed by atoms with Gasteiger partial charge in [-0.25, -0.2) is 0 Å². The highest BCUT2D eigenvalue weighted by Crippen LogP contribution is 2.19. The van der Waals surface area contributed by atoms with Crippen LogP contribution in [0.1, 0.15) is 12.5 Å². The van der Waals surface area contributed by atoms with Gasteiger partial charge in [0.1, 0.15) is 5.75 Å². The summed E-state index contributed by atoms with van der Waals surface area (Å²) >= 11 is 0. The molecule has 0 fully saturated rings. The zero-order valence-corrected chi connectivity index (χ0v) is 10.9. The number of aromatic amines is 1. The van der Waals surface area contributed by atoms with Crippen LogP contribution in [0.4, 0.5) is 0 Å². The second-order valence-corrected chi connectivity index (χ2v) is 4.58. The summed E-state index contributed by atoms with van der Waals surface area (Å²) in [4.78, 5) is 25.8. The van der Waals surface area contributed by atoms with Crippen LogP contribution in [0.2, 0.25) is 0 Å². The molecule has 0 spiro atoms. The molecule has 2 aromatic rings. The van der Waals surface area contributed by atoms with Crippen molar-refractivity contribution < 1.29 is 9.53 Å². The molecule has 0 saturated heterocycles. The van der Waals surface area contributed by atoms with Crippen LogP contribution >= 0.6 is 0 Å². The number of fused-ring (bicyclic) bond motifs is 1. The monoisotopic (exact) mass is 260 g/mol. The van der Waals surface area contributed by atoms with Crippen LogP contribution in [0.3, 0.4) is 0 Å². The van der Waals surface area contributed by atoms with E-state index in [0.717, 1.165) is 10.9 Å². The van der Waals surface area contributed by atoms with E-state index in [1.165, 1.54) is 0 Å². The summed E-state index contributed by atoms with van der Waals surface area (Å²) in [5, 5.41) is 0.866. The van der Waals surface area contributed by atoms with Gasteiger partial charge >= 0.3 is 0 Å². The molecule has 0 aliphatic heterocycles. The summed E-state index contributed by atoms with van der Waals surface area (Å²) < 4.78 is 5.15. The Kier molecular flexibility index (Phi) is 3.55. The highest BCUT2D eigenvalue weighted by Gasteiger charge is 2.12. The lowest BCUT2D eigenvalue weighted by atomic mass is 10.0. The Bertz CT molecular complexity index is 676. The molecule has 0 radical (unpaired) electrons. The van der Waals surface area contributed by atoms with E-state index < -0.39 is 5.91 Å². The summed E-state index contributed by atoms with van der Waals surface area (Å²) in [6, 6.07) is 7.18. The lowest BCUT2D eigenvalue weighted by molar-refractivity contribution is -0.121. The summed E-state index contributed by atoms with van der Waals surface area (Å²) in [6.07, 6.45) is 0.331. The van der Waals surface area contributed by atoms with Crippen molar-refractivity contribution in [2.24, 2.45) is 11.7 Å². The number of hydrogen-bond donors (Lipinski definition) is 2. The van der Waals surface area contributed by atoms with Crippen LogP contribution in [-0.2, 0) is 11.2 Å². The van der Waals surface area contributed by atoms with Crippen LogP contribution in [0.15, 0.2) is 29.1 Å². The minimum absolute atomic E-state index is 0.189. The Hall–Kier alpha value is -2.30. The average molecular weight is 260 g/mol. The summed E-state index contributed by atoms with van der Waals surface area (Å²) in [6.45, 7) is 1.71. The van der Waals surface area contributed by atoms with E-state index in [1.807, 2.05) is 6.07 Å². The number of pyridine rings is 1. The highest BCUT2D eigenvalue weighted by atomic mass is 16.5. The van der Waals surface area contributed by atoms with E-state index in [9.17, 15) is 9.59 Å². The Morgan fingerprint density at radius 2 is 2.16 bits per heavy atom. The Morgan fingerprint density at radius 3 is 2.79 bits per heavy atom. The number of aromatic nitrogens is 1. The number of benzene rings is 1. The van der Waals surface area contributed by atoms with Gasteiger partial charge in [0.15, 0.2) is 0 Å². The largest absolute Gasteiger partial charge is 0.497 e. The topological polar surface area (TPSA) is 85.2 Å². The molecule has 3 N–H and O–H groups in total. The van der Waals surface area contributed by atoms with Crippen LogP contribution in [0, 0.1) is 5.92 Å². The quantitative estimate of drug-likeness (QED) is 0.866. The standard InChI is InChI=1S/C14H16N2O3/c1-8(13(15)17)5-10-6-9-7-11(19-2)3-4-12(9)16-14(10)18/h3-4,6-8H,5H2,1-2H3,(H2,15,17)(H,16,18). The fraction of sp³-hybridized carbons (Fsp3) is 0.286. The number of nitrogens with two attached hydrogens (primary N) is 1. The lowest BCUT2D eigenvalue weighted by Crippen LogP contribution is -2.25. The minimum atomic E-state index is -0.412. The second kappa shape index (κ2) is 5.14. The summed E-state index contributed by atoms with van der Waals surface area (Å²) in [5.74, 6) is -0.0669. The van der Waals surface area contributed by atoms with E-state index >= 15 is 0 Å². The molecule has 1 aromatic carbocycles. The fourth-order valence-electron chi connectivity index (χ4n) is 1.94. The number of ether oxygens (including phenoxy) is 1. The molecule has 0 aliphatic carbocycles. The third-order valence-electron chi connectivity index (χ3n) is 3.14. The van der Waals surface area contributed by atoms with Gasteiger partial charge in [0, 0.05) is 22.4 Å². The first-order valence-corrected chi connectivity index (χ1v) is 6.00. The van der Waals surface area contributed by atoms with Gasteiger partial charge in [-0.1, -0.05) is 6.92 Å². The number of H-pyrrole nitrogens is 1. The SMILES string of the molecule is COc1ccc2[nH]c(=O)c(CC(C)C(N)=O)cc2c1. The molecule has 0 saturated carbocycles. The average Bonchev–Trinajstić information content (AvgIpc) is 2.38. The molecule has 0 aliphatic rings. The molecule has 1 aromatic heterocycles. The van der Waals surface area contributed by atoms with Gasteiger partial charge in [-0.15, -0.1) is 0 Å². The molecule has 1 unspecified atom stereocenters. The van der Waals surface area contributed by atoms with Gasteiger partial charge < -0.3 is 15.5 Å². The molecule has 1 atom stereocenters. The van der Waals surface area contributed by atoms with E-state index in [2.05, 4.69) is 4.98 Å². The van der Waals surface area contributed by atoms with Gasteiger partial charge in [-0.05, 0) is 30.7 Å². The summed E-state index contributed by atoms with van der Waals surface area (Å²) in [5.41, 5.74) is 6.32. The highest BCUT2D eigenvalue weighted by molar-refractivity contribution is 5.81. The van der Waals surface area contributed by atoms with Crippen molar-refractivity contribution in [3.63, 3.8) is 0 Å². The normalized spacial score (nSPS) is 12.3. The fourth-order valence-corrected chi connectivity index (χ4v) is 1.94. The van der Waals surface area contributed by atoms with Crippen LogP contribution in [0.25, 0.3) is 10.9 Å². The van der Waals surface area contributed by atoms with Crippen LogP contribution in [-0.4, -0.2) is 18.0 Å². The second-order valence-electron chi connectivity index (χ2n) is 4.58. The van der Waals surface area contributed by atoms with Crippen LogP contribution in [0.5, 0.6) is 5.75 Å². The van der Waals surface area contributed by atoms with Crippen molar-refractivity contribution in [3.8, 4) is 5.75 Å². The van der Waals surface area contributed by atoms with Gasteiger partial charge in [0.2, 0.25) is 5.91 Å². The molecule has 1 heterocycles. The minimum Gasteiger partial charge on any atom is -0.497 e. The zero-order valence-electron chi connectivity index (χ0n) is 10.9. The predicted molar refractivity (Wildman–Crippen MR) is 73.2 cm³/mol. The van der Waals surface area contributed by atoms with Gasteiger partial charge in [0.05, 0.1) is 7.11 Å². The molecule has 100 valence electrons. The van der Waals surface area contributed by atoms with E-state index in [4.69, 9.17) is 10.5 Å². The van der Waals surface area contributed by atoms with E-state index in [-0.39, 0.29) is 11.5 Å². The Labute approximate surface area is 110 Å². The van der Waals surface area contributed by atoms with Gasteiger partial charge in [0.25, 0.3) is 5.56 Å². The van der Waals surface area contributed by atoms with Crippen molar-refractivity contribution in [1.29, 1.82) is 0 Å². The maximum Gasteiger partial charge on any atom is 0.251 e. The molecular formula is C14H16N2O3. The first-order chi connectivity index (χ1) is 9.01. The van der Waals surface area contributed by atoms with Crippen molar-refractivity contribution >= 4 is 16.8 Å². The lowest BCUT2D eigenvalue weighted by Gasteiger charge is -2.08. The number of carbonyl (C=O) groups is 1. The van der Waals surface area contributed by atoms with Gasteiger partial charge in [-0.3, -0.25) is 9.59 Å². The van der Waals surface area contributed by atoms with E-state index in [1.54, 1.807) is 32.2 Å². The molecule has 19 heavy (non-hydrogen) atoms. The van der Waals surface area contributed by atoms with Gasteiger partial charge in [-0.2, -0.15) is 0 Å². The van der Waals surface area contributed by atoms with Crippen molar-refractivity contribution in [1.82, 2.24) is 4.98 Å². The number of hydrogen-bond acceptors (Lipinski definition) is 3. The van der Waals surface area contributed by atoms with Crippen molar-refractivity contribution in [3.05, 3.63) is 40.2 Å². The number of primary amides is 1. The predicted octanol–water partition coefficient (Wildman–Crippen LogP) is 1.20. The number of methoxy groups -OCH3 is 1. The molecule has 5 nitrogen and oxygen atoms in total. The Balaban J connectivity index is 2.47. The number of carbonyl (C=O) groups excluding carboxylic acids is 1. The van der Waals surface area contributed by atoms with Crippen molar-refractivity contribution in [2.45, 2.75) is 13.3 Å². The van der Waals surface area contributed by atoms with Crippen molar-refractivity contribution in [2.75, 3.05) is 7.11 Å². The first kappa shape index (κ1) is 13.1. The third-order valence-corrected chi connectivity index (χ3v) is 3.14. The molecule has 2 rings (SSSR count). The smallest absolute Gasteiger partial charge is 0.251 e. The Morgan fingerprint density at radius 1 is 1.42 bits per heavy atom. The molecule has 0 bridgehead atoms. The van der Waals surface area contributed by atoms with Crippen LogP contribution < -0.4 is 16.0 Å². The maximum absolute atomic E-state index is 11.9. The summed E-state index contributed by atoms with van der Waals surface area (Å²) in [7, 11) is 1.59.